The number of methoxy groups -OCH3 is 1. The Kier molecular flexibility index (Phi) is 3.79. The van der Waals surface area contributed by atoms with E-state index < -0.39 is 11.3 Å². The van der Waals surface area contributed by atoms with Gasteiger partial charge >= 0.3 is 0 Å². The van der Waals surface area contributed by atoms with Crippen LogP contribution in [0.25, 0.3) is 0 Å². The van der Waals surface area contributed by atoms with Gasteiger partial charge in [0.05, 0.1) is 7.11 Å². The van der Waals surface area contributed by atoms with Gasteiger partial charge in [-0.25, -0.2) is 8.78 Å². The Morgan fingerprint density at radius 1 is 1.40 bits per heavy atom. The van der Waals surface area contributed by atoms with Crippen LogP contribution in [0.15, 0.2) is 18.2 Å². The minimum absolute atomic E-state index is 0.177. The Labute approximate surface area is 96.9 Å². The Bertz CT molecular complexity index is 350. The van der Waals surface area contributed by atoms with Gasteiger partial charge in [0.1, 0.15) is 11.1 Å². The minimum atomic E-state index is -3.01. The molecular formula is C10H10Cl2F2O. The van der Waals surface area contributed by atoms with Crippen molar-refractivity contribution in [2.45, 2.75) is 18.2 Å². The third-order valence-corrected chi connectivity index (χ3v) is 2.87. The molecule has 0 aliphatic carbocycles. The van der Waals surface area contributed by atoms with Gasteiger partial charge in [-0.1, -0.05) is 17.7 Å². The number of rotatable bonds is 3. The lowest BCUT2D eigenvalue weighted by molar-refractivity contribution is 0.0169. The second kappa shape index (κ2) is 4.54. The highest BCUT2D eigenvalue weighted by Gasteiger charge is 2.34. The fourth-order valence-electron chi connectivity index (χ4n) is 1.11. The summed E-state index contributed by atoms with van der Waals surface area (Å²) in [6.07, 6.45) is 0. The van der Waals surface area contributed by atoms with E-state index in [9.17, 15) is 8.78 Å². The molecule has 1 rings (SSSR count). The zero-order valence-corrected chi connectivity index (χ0v) is 9.74. The smallest absolute Gasteiger partial charge is 0.265 e. The van der Waals surface area contributed by atoms with Crippen LogP contribution in [0.5, 0.6) is 5.75 Å². The van der Waals surface area contributed by atoms with Crippen molar-refractivity contribution >= 4 is 23.2 Å². The molecule has 0 saturated heterocycles. The molecule has 1 unspecified atom stereocenters. The highest BCUT2D eigenvalue weighted by atomic mass is 35.5. The maximum absolute atomic E-state index is 12.9. The molecule has 5 heteroatoms. The van der Waals surface area contributed by atoms with Gasteiger partial charge in [-0.15, -0.1) is 11.6 Å². The summed E-state index contributed by atoms with van der Waals surface area (Å²) in [6, 6.07) is 4.44. The summed E-state index contributed by atoms with van der Waals surface area (Å²) < 4.78 is 30.8. The van der Waals surface area contributed by atoms with E-state index in [1.807, 2.05) is 0 Å². The van der Waals surface area contributed by atoms with Crippen molar-refractivity contribution in [1.29, 1.82) is 0 Å². The van der Waals surface area contributed by atoms with Crippen molar-refractivity contribution in [2.75, 3.05) is 7.11 Å². The van der Waals surface area contributed by atoms with Gasteiger partial charge in [0.15, 0.2) is 0 Å². The van der Waals surface area contributed by atoms with E-state index in [4.69, 9.17) is 27.9 Å². The Hall–Kier alpha value is -0.540. The van der Waals surface area contributed by atoms with Crippen LogP contribution in [0.1, 0.15) is 17.9 Å². The molecule has 15 heavy (non-hydrogen) atoms. The molecule has 0 amide bonds. The molecule has 0 spiro atoms. The molecule has 0 aliphatic heterocycles. The third-order valence-electron chi connectivity index (χ3n) is 1.93. The number of ether oxygens (including phenoxy) is 1. The number of benzene rings is 1. The summed E-state index contributed by atoms with van der Waals surface area (Å²) in [7, 11) is 1.47. The van der Waals surface area contributed by atoms with E-state index in [2.05, 4.69) is 0 Å². The Morgan fingerprint density at radius 3 is 2.40 bits per heavy atom. The van der Waals surface area contributed by atoms with Crippen LogP contribution in [0, 0.1) is 0 Å². The molecule has 1 aromatic rings. The SMILES string of the molecule is COc1ccc(C(Cl)C(C)(F)F)c(Cl)c1. The molecule has 0 N–H and O–H groups in total. The second-order valence-corrected chi connectivity index (χ2v) is 4.05. The Morgan fingerprint density at radius 2 is 2.00 bits per heavy atom. The second-order valence-electron chi connectivity index (χ2n) is 3.21. The number of hydrogen-bond donors (Lipinski definition) is 0. The molecule has 0 aliphatic rings. The van der Waals surface area contributed by atoms with Gasteiger partial charge in [0.25, 0.3) is 5.92 Å². The fourth-order valence-corrected chi connectivity index (χ4v) is 1.64. The molecule has 1 atom stereocenters. The van der Waals surface area contributed by atoms with Gasteiger partial charge in [0, 0.05) is 11.9 Å². The van der Waals surface area contributed by atoms with Crippen LogP contribution in [0.3, 0.4) is 0 Å². The van der Waals surface area contributed by atoms with Crippen LogP contribution >= 0.6 is 23.2 Å². The lowest BCUT2D eigenvalue weighted by atomic mass is 10.1. The summed E-state index contributed by atoms with van der Waals surface area (Å²) in [4.78, 5) is 0. The van der Waals surface area contributed by atoms with Crippen LogP contribution < -0.4 is 4.74 Å². The van der Waals surface area contributed by atoms with Crippen molar-refractivity contribution in [3.8, 4) is 5.75 Å². The van der Waals surface area contributed by atoms with E-state index in [0.717, 1.165) is 6.92 Å². The molecule has 1 aromatic carbocycles. The molecular weight excluding hydrogens is 245 g/mol. The van der Waals surface area contributed by atoms with E-state index >= 15 is 0 Å². The highest BCUT2D eigenvalue weighted by Crippen LogP contribution is 2.40. The number of hydrogen-bond acceptors (Lipinski definition) is 1. The molecule has 0 bridgehead atoms. The van der Waals surface area contributed by atoms with E-state index in [1.54, 1.807) is 6.07 Å². The van der Waals surface area contributed by atoms with Crippen LogP contribution in [0.4, 0.5) is 8.78 Å². The first-order valence-electron chi connectivity index (χ1n) is 4.21. The average Bonchev–Trinajstić information content (AvgIpc) is 2.15. The van der Waals surface area contributed by atoms with Crippen molar-refractivity contribution < 1.29 is 13.5 Å². The predicted octanol–water partition coefficient (Wildman–Crippen LogP) is 4.28. The monoisotopic (exact) mass is 254 g/mol. The summed E-state index contributed by atoms with van der Waals surface area (Å²) in [5, 5.41) is -1.26. The van der Waals surface area contributed by atoms with Crippen LogP contribution in [0.2, 0.25) is 5.02 Å². The van der Waals surface area contributed by atoms with Gasteiger partial charge in [-0.2, -0.15) is 0 Å². The van der Waals surface area contributed by atoms with Crippen molar-refractivity contribution in [3.63, 3.8) is 0 Å². The Balaban J connectivity index is 3.06. The van der Waals surface area contributed by atoms with Crippen molar-refractivity contribution in [1.82, 2.24) is 0 Å². The zero-order chi connectivity index (χ0) is 11.6. The van der Waals surface area contributed by atoms with Gasteiger partial charge < -0.3 is 4.74 Å². The number of alkyl halides is 3. The summed E-state index contributed by atoms with van der Waals surface area (Å²) in [5.41, 5.74) is 0.201. The lowest BCUT2D eigenvalue weighted by Gasteiger charge is -2.18. The fraction of sp³-hybridized carbons (Fsp3) is 0.400. The van der Waals surface area contributed by atoms with E-state index in [1.165, 1.54) is 19.2 Å². The summed E-state index contributed by atoms with van der Waals surface area (Å²) in [5.74, 6) is -2.51. The van der Waals surface area contributed by atoms with Crippen molar-refractivity contribution in [2.24, 2.45) is 0 Å². The molecule has 0 saturated carbocycles. The molecule has 0 aromatic heterocycles. The topological polar surface area (TPSA) is 9.23 Å². The largest absolute Gasteiger partial charge is 0.497 e. The third kappa shape index (κ3) is 2.95. The standard InChI is InChI=1S/C10H10Cl2F2O/c1-10(13,14)9(12)7-4-3-6(15-2)5-8(7)11/h3-5,9H,1-2H3. The quantitative estimate of drug-likeness (QED) is 0.732. The minimum Gasteiger partial charge on any atom is -0.497 e. The van der Waals surface area contributed by atoms with Crippen molar-refractivity contribution in [3.05, 3.63) is 28.8 Å². The molecule has 0 heterocycles. The lowest BCUT2D eigenvalue weighted by Crippen LogP contribution is -2.17. The van der Waals surface area contributed by atoms with E-state index in [0.29, 0.717) is 5.75 Å². The van der Waals surface area contributed by atoms with Gasteiger partial charge in [-0.3, -0.25) is 0 Å². The molecule has 0 radical (unpaired) electrons. The zero-order valence-electron chi connectivity index (χ0n) is 8.23. The highest BCUT2D eigenvalue weighted by molar-refractivity contribution is 6.33. The average molecular weight is 255 g/mol. The summed E-state index contributed by atoms with van der Waals surface area (Å²) in [6.45, 7) is 0.755. The van der Waals surface area contributed by atoms with Crippen LogP contribution in [-0.2, 0) is 0 Å². The number of halogens is 4. The summed E-state index contributed by atoms with van der Waals surface area (Å²) >= 11 is 11.4. The van der Waals surface area contributed by atoms with Crippen LogP contribution in [-0.4, -0.2) is 13.0 Å². The van der Waals surface area contributed by atoms with Gasteiger partial charge in [-0.05, 0) is 17.7 Å². The normalized spacial score (nSPS) is 13.7. The first-order valence-corrected chi connectivity index (χ1v) is 5.03. The molecule has 0 fully saturated rings. The first kappa shape index (κ1) is 12.5. The predicted molar refractivity (Wildman–Crippen MR) is 57.2 cm³/mol. The molecule has 1 nitrogen and oxygen atoms in total. The maximum Gasteiger partial charge on any atom is 0.265 e. The van der Waals surface area contributed by atoms with E-state index in [-0.39, 0.29) is 10.6 Å². The van der Waals surface area contributed by atoms with Gasteiger partial charge in [0.2, 0.25) is 0 Å². The first-order chi connectivity index (χ1) is 6.86. The molecule has 84 valence electrons. The maximum atomic E-state index is 12.9.